The van der Waals surface area contributed by atoms with Crippen molar-refractivity contribution >= 4 is 5.91 Å². The van der Waals surface area contributed by atoms with E-state index in [9.17, 15) is 27.9 Å². The fourth-order valence-corrected chi connectivity index (χ4v) is 2.76. The van der Waals surface area contributed by atoms with Crippen molar-refractivity contribution in [3.8, 4) is 0 Å². The van der Waals surface area contributed by atoms with Crippen molar-refractivity contribution in [2.45, 2.75) is 32.6 Å². The average molecular weight is 382 g/mol. The van der Waals surface area contributed by atoms with Crippen molar-refractivity contribution in [2.24, 2.45) is 5.92 Å². The molecule has 2 rings (SSSR count). The number of pyridine rings is 1. The van der Waals surface area contributed by atoms with E-state index in [0.29, 0.717) is 6.54 Å². The monoisotopic (exact) mass is 382 g/mol. The van der Waals surface area contributed by atoms with Gasteiger partial charge in [0.1, 0.15) is 5.56 Å². The molecule has 0 aliphatic carbocycles. The van der Waals surface area contributed by atoms with Crippen molar-refractivity contribution in [3.05, 3.63) is 69.6 Å². The maximum absolute atomic E-state index is 13.2. The topological polar surface area (TPSA) is 71.3 Å². The first-order valence-corrected chi connectivity index (χ1v) is 8.42. The van der Waals surface area contributed by atoms with E-state index in [-0.39, 0.29) is 17.0 Å². The van der Waals surface area contributed by atoms with E-state index >= 15 is 0 Å². The summed E-state index contributed by atoms with van der Waals surface area (Å²) in [6.45, 7) is 3.48. The number of nitrogens with zero attached hydrogens (tertiary/aromatic N) is 1. The van der Waals surface area contributed by atoms with E-state index < -0.39 is 35.9 Å². The fourth-order valence-electron chi connectivity index (χ4n) is 2.76. The summed E-state index contributed by atoms with van der Waals surface area (Å²) in [5, 5.41) is 11.9. The van der Waals surface area contributed by atoms with E-state index in [2.05, 4.69) is 5.32 Å². The van der Waals surface area contributed by atoms with Gasteiger partial charge in [0.05, 0.1) is 18.2 Å². The van der Waals surface area contributed by atoms with Crippen LogP contribution < -0.4 is 10.9 Å². The average Bonchev–Trinajstić information content (AvgIpc) is 2.60. The summed E-state index contributed by atoms with van der Waals surface area (Å²) >= 11 is 0. The summed E-state index contributed by atoms with van der Waals surface area (Å²) in [6, 6.07) is 6.21. The Balaban J connectivity index is 2.34. The number of rotatable bonds is 6. The number of aliphatic hydroxyl groups is 1. The molecule has 146 valence electrons. The zero-order chi connectivity index (χ0) is 20.2. The molecule has 1 aromatic carbocycles. The summed E-state index contributed by atoms with van der Waals surface area (Å²) in [7, 11) is 0. The fraction of sp³-hybridized carbons (Fsp3) is 0.368. The molecule has 1 heterocycles. The predicted octanol–water partition coefficient (Wildman–Crippen LogP) is 2.99. The quantitative estimate of drug-likeness (QED) is 0.807. The number of nitrogens with one attached hydrogen (secondary N) is 1. The van der Waals surface area contributed by atoms with Gasteiger partial charge in [-0.3, -0.25) is 9.59 Å². The lowest BCUT2D eigenvalue weighted by molar-refractivity contribution is -0.138. The van der Waals surface area contributed by atoms with Crippen molar-refractivity contribution < 1.29 is 23.1 Å². The molecular formula is C19H21F3N2O3. The molecule has 0 aliphatic heterocycles. The highest BCUT2D eigenvalue weighted by atomic mass is 19.4. The van der Waals surface area contributed by atoms with Crippen molar-refractivity contribution in [2.75, 3.05) is 6.61 Å². The van der Waals surface area contributed by atoms with Gasteiger partial charge in [0, 0.05) is 12.7 Å². The second-order valence-electron chi connectivity index (χ2n) is 6.57. The van der Waals surface area contributed by atoms with Crippen LogP contribution >= 0.6 is 0 Å². The maximum atomic E-state index is 13.2. The van der Waals surface area contributed by atoms with Crippen LogP contribution in [0.5, 0.6) is 0 Å². The van der Waals surface area contributed by atoms with Crippen LogP contribution in [0.3, 0.4) is 0 Å². The molecule has 5 nitrogen and oxygen atoms in total. The largest absolute Gasteiger partial charge is 0.416 e. The number of halogens is 3. The van der Waals surface area contributed by atoms with Gasteiger partial charge in [0.2, 0.25) is 0 Å². The van der Waals surface area contributed by atoms with Gasteiger partial charge in [-0.15, -0.1) is 0 Å². The molecule has 0 aliphatic rings. The van der Waals surface area contributed by atoms with Gasteiger partial charge in [0.15, 0.2) is 0 Å². The molecule has 27 heavy (non-hydrogen) atoms. The standard InChI is InChI=1S/C19H21F3N2O3/c1-12(2)10-24-9-5-7-14(18(24)27)17(26)23-16(11-25)13-6-3-4-8-15(13)19(20,21)22/h3-9,12,16,25H,10-11H2,1-2H3,(H,23,26). The molecule has 2 N–H and O–H groups in total. The van der Waals surface area contributed by atoms with Crippen molar-refractivity contribution in [1.29, 1.82) is 0 Å². The lowest BCUT2D eigenvalue weighted by Crippen LogP contribution is -2.37. The molecule has 1 unspecified atom stereocenters. The van der Waals surface area contributed by atoms with Gasteiger partial charge in [-0.1, -0.05) is 32.0 Å². The maximum Gasteiger partial charge on any atom is 0.416 e. The zero-order valence-electron chi connectivity index (χ0n) is 15.0. The predicted molar refractivity (Wildman–Crippen MR) is 94.3 cm³/mol. The molecule has 1 aromatic heterocycles. The first-order chi connectivity index (χ1) is 12.6. The van der Waals surface area contributed by atoms with Crippen LogP contribution in [0.1, 0.15) is 41.4 Å². The molecular weight excluding hydrogens is 361 g/mol. The van der Waals surface area contributed by atoms with Gasteiger partial charge in [0.25, 0.3) is 11.5 Å². The molecule has 0 radical (unpaired) electrons. The Kier molecular flexibility index (Phi) is 6.43. The molecule has 1 atom stereocenters. The highest BCUT2D eigenvalue weighted by Gasteiger charge is 2.35. The van der Waals surface area contributed by atoms with Crippen LogP contribution in [-0.4, -0.2) is 22.2 Å². The summed E-state index contributed by atoms with van der Waals surface area (Å²) < 4.78 is 41.0. The number of amides is 1. The third-order valence-corrected chi connectivity index (χ3v) is 3.96. The van der Waals surface area contributed by atoms with Gasteiger partial charge < -0.3 is 15.0 Å². The van der Waals surface area contributed by atoms with Crippen LogP contribution in [0.25, 0.3) is 0 Å². The second-order valence-corrected chi connectivity index (χ2v) is 6.57. The van der Waals surface area contributed by atoms with Crippen LogP contribution in [0, 0.1) is 5.92 Å². The highest BCUT2D eigenvalue weighted by Crippen LogP contribution is 2.34. The second kappa shape index (κ2) is 8.39. The number of benzene rings is 1. The minimum Gasteiger partial charge on any atom is -0.394 e. The number of hydrogen-bond acceptors (Lipinski definition) is 3. The van der Waals surface area contributed by atoms with E-state index in [1.54, 1.807) is 6.20 Å². The Bertz CT molecular complexity index is 860. The molecule has 0 saturated heterocycles. The molecule has 0 saturated carbocycles. The summed E-state index contributed by atoms with van der Waals surface area (Å²) in [5.74, 6) is -0.668. The Morgan fingerprint density at radius 3 is 2.44 bits per heavy atom. The lowest BCUT2D eigenvalue weighted by atomic mass is 10.00. The Morgan fingerprint density at radius 1 is 1.19 bits per heavy atom. The van der Waals surface area contributed by atoms with Gasteiger partial charge in [-0.2, -0.15) is 13.2 Å². The third kappa shape index (κ3) is 4.97. The van der Waals surface area contributed by atoms with Crippen LogP contribution in [-0.2, 0) is 12.7 Å². The smallest absolute Gasteiger partial charge is 0.394 e. The molecule has 0 fully saturated rings. The Morgan fingerprint density at radius 2 is 1.85 bits per heavy atom. The zero-order valence-corrected chi connectivity index (χ0v) is 15.0. The number of carbonyl (C=O) groups excluding carboxylic acids is 1. The minimum absolute atomic E-state index is 0.171. The number of aromatic nitrogens is 1. The molecule has 8 heteroatoms. The van der Waals surface area contributed by atoms with Crippen LogP contribution in [0.2, 0.25) is 0 Å². The molecule has 1 amide bonds. The minimum atomic E-state index is -4.63. The molecule has 2 aromatic rings. The van der Waals surface area contributed by atoms with E-state index in [1.807, 2.05) is 13.8 Å². The summed E-state index contributed by atoms with van der Waals surface area (Å²) in [5.41, 5.74) is -1.94. The normalized spacial score (nSPS) is 12.9. The third-order valence-electron chi connectivity index (χ3n) is 3.96. The Labute approximate surface area is 154 Å². The number of aliphatic hydroxyl groups excluding tert-OH is 1. The SMILES string of the molecule is CC(C)Cn1cccc(C(=O)NC(CO)c2ccccc2C(F)(F)F)c1=O. The van der Waals surface area contributed by atoms with Crippen LogP contribution in [0.4, 0.5) is 13.2 Å². The van der Waals surface area contributed by atoms with E-state index in [1.165, 1.54) is 34.9 Å². The van der Waals surface area contributed by atoms with Gasteiger partial charge in [-0.25, -0.2) is 0 Å². The van der Waals surface area contributed by atoms with Crippen molar-refractivity contribution in [3.63, 3.8) is 0 Å². The highest BCUT2D eigenvalue weighted by molar-refractivity contribution is 5.94. The van der Waals surface area contributed by atoms with E-state index in [0.717, 1.165) is 6.07 Å². The molecule has 0 bridgehead atoms. The van der Waals surface area contributed by atoms with Crippen LogP contribution in [0.15, 0.2) is 47.4 Å². The van der Waals surface area contributed by atoms with Crippen molar-refractivity contribution in [1.82, 2.24) is 9.88 Å². The number of carbonyl (C=O) groups is 1. The summed E-state index contributed by atoms with van der Waals surface area (Å²) in [4.78, 5) is 24.9. The van der Waals surface area contributed by atoms with Gasteiger partial charge >= 0.3 is 6.18 Å². The number of alkyl halides is 3. The Hall–Kier alpha value is -2.61. The lowest BCUT2D eigenvalue weighted by Gasteiger charge is -2.21. The van der Waals surface area contributed by atoms with Gasteiger partial charge in [-0.05, 0) is 29.7 Å². The van der Waals surface area contributed by atoms with E-state index in [4.69, 9.17) is 0 Å². The first-order valence-electron chi connectivity index (χ1n) is 8.42. The number of hydrogen-bond donors (Lipinski definition) is 2. The summed E-state index contributed by atoms with van der Waals surface area (Å²) in [6.07, 6.45) is -3.09. The molecule has 0 spiro atoms. The first kappa shape index (κ1) is 20.7.